The van der Waals surface area contributed by atoms with Crippen molar-refractivity contribution in [3.05, 3.63) is 87.4 Å². The first-order valence-corrected chi connectivity index (χ1v) is 12.8. The van der Waals surface area contributed by atoms with Crippen LogP contribution in [0.3, 0.4) is 0 Å². The zero-order valence-corrected chi connectivity index (χ0v) is 22.5. The van der Waals surface area contributed by atoms with E-state index in [0.29, 0.717) is 32.9 Å². The Hall–Kier alpha value is -3.32. The number of esters is 1. The van der Waals surface area contributed by atoms with Crippen LogP contribution in [-0.2, 0) is 9.53 Å². The molecule has 0 bridgehead atoms. The molecule has 0 saturated heterocycles. The number of hydrogen-bond donors (Lipinski definition) is 1. The number of halogens is 3. The SMILES string of the molecule is CCN(CC)c1ccc(NC(=O)COC(=O)c2cc(-c3ccc(Cl)c(Cl)c3Cl)nc3ccccc23)cc1. The molecule has 0 aliphatic rings. The molecule has 0 spiro atoms. The van der Waals surface area contributed by atoms with Crippen LogP contribution >= 0.6 is 34.8 Å². The number of ether oxygens (including phenoxy) is 1. The van der Waals surface area contributed by atoms with E-state index in [9.17, 15) is 9.59 Å². The molecule has 0 unspecified atom stereocenters. The number of nitrogens with zero attached hydrogens (tertiary/aromatic N) is 2. The summed E-state index contributed by atoms with van der Waals surface area (Å²) in [6.45, 7) is 5.50. The smallest absolute Gasteiger partial charge is 0.339 e. The molecule has 3 aromatic carbocycles. The fraction of sp³-hybridized carbons (Fsp3) is 0.179. The van der Waals surface area contributed by atoms with Gasteiger partial charge in [0.1, 0.15) is 0 Å². The Morgan fingerprint density at radius 1 is 0.919 bits per heavy atom. The number of amides is 1. The maximum Gasteiger partial charge on any atom is 0.339 e. The van der Waals surface area contributed by atoms with Crippen LogP contribution in [-0.4, -0.2) is 36.6 Å². The van der Waals surface area contributed by atoms with Gasteiger partial charge in [-0.15, -0.1) is 0 Å². The van der Waals surface area contributed by atoms with Gasteiger partial charge in [-0.3, -0.25) is 4.79 Å². The van der Waals surface area contributed by atoms with Gasteiger partial charge in [-0.05, 0) is 62.4 Å². The number of carbonyl (C=O) groups excluding carboxylic acids is 2. The van der Waals surface area contributed by atoms with E-state index in [1.165, 1.54) is 0 Å². The second-order valence-electron chi connectivity index (χ2n) is 8.14. The lowest BCUT2D eigenvalue weighted by Gasteiger charge is -2.21. The third kappa shape index (κ3) is 5.99. The molecule has 4 rings (SSSR count). The molecule has 0 radical (unpaired) electrons. The van der Waals surface area contributed by atoms with Gasteiger partial charge in [0.25, 0.3) is 5.91 Å². The number of aromatic nitrogens is 1. The number of nitrogens with one attached hydrogen (secondary N) is 1. The zero-order chi connectivity index (χ0) is 26.5. The van der Waals surface area contributed by atoms with Gasteiger partial charge in [-0.25, -0.2) is 9.78 Å². The Kier molecular flexibility index (Phi) is 8.54. The van der Waals surface area contributed by atoms with Gasteiger partial charge in [-0.1, -0.05) is 53.0 Å². The highest BCUT2D eigenvalue weighted by molar-refractivity contribution is 6.49. The number of benzene rings is 3. The summed E-state index contributed by atoms with van der Waals surface area (Å²) in [7, 11) is 0. The van der Waals surface area contributed by atoms with E-state index in [2.05, 4.69) is 29.0 Å². The first kappa shape index (κ1) is 26.7. The Bertz CT molecular complexity index is 1450. The first-order chi connectivity index (χ1) is 17.8. The Balaban J connectivity index is 1.52. The number of carbonyl (C=O) groups is 2. The van der Waals surface area contributed by atoms with Crippen molar-refractivity contribution in [2.45, 2.75) is 13.8 Å². The summed E-state index contributed by atoms with van der Waals surface area (Å²) >= 11 is 18.7. The summed E-state index contributed by atoms with van der Waals surface area (Å²) in [4.78, 5) is 32.4. The van der Waals surface area contributed by atoms with Crippen LogP contribution in [0.1, 0.15) is 24.2 Å². The minimum absolute atomic E-state index is 0.196. The minimum atomic E-state index is -0.664. The van der Waals surface area contributed by atoms with Crippen LogP contribution in [0.2, 0.25) is 15.1 Å². The molecule has 0 aliphatic heterocycles. The molecule has 9 heteroatoms. The number of rotatable bonds is 8. The monoisotopic (exact) mass is 555 g/mol. The summed E-state index contributed by atoms with van der Waals surface area (Å²) in [5.74, 6) is -1.11. The Morgan fingerprint density at radius 2 is 1.62 bits per heavy atom. The van der Waals surface area contributed by atoms with Gasteiger partial charge in [0.2, 0.25) is 0 Å². The molecule has 37 heavy (non-hydrogen) atoms. The zero-order valence-electron chi connectivity index (χ0n) is 20.2. The van der Waals surface area contributed by atoms with Crippen molar-refractivity contribution in [2.24, 2.45) is 0 Å². The van der Waals surface area contributed by atoms with Crippen LogP contribution in [0, 0.1) is 0 Å². The van der Waals surface area contributed by atoms with Crippen LogP contribution in [0.25, 0.3) is 22.2 Å². The second kappa shape index (κ2) is 11.8. The topological polar surface area (TPSA) is 71.5 Å². The van der Waals surface area contributed by atoms with Crippen molar-refractivity contribution in [2.75, 3.05) is 29.9 Å². The molecule has 1 aromatic heterocycles. The lowest BCUT2D eigenvalue weighted by atomic mass is 10.0. The largest absolute Gasteiger partial charge is 0.452 e. The molecule has 6 nitrogen and oxygen atoms in total. The molecule has 0 saturated carbocycles. The molecule has 4 aromatic rings. The van der Waals surface area contributed by atoms with E-state index in [4.69, 9.17) is 39.5 Å². The highest BCUT2D eigenvalue weighted by Gasteiger charge is 2.19. The van der Waals surface area contributed by atoms with E-state index >= 15 is 0 Å². The van der Waals surface area contributed by atoms with Gasteiger partial charge in [0.05, 0.1) is 31.8 Å². The van der Waals surface area contributed by atoms with Crippen molar-refractivity contribution >= 4 is 69.0 Å². The standard InChI is InChI=1S/C28H24Cl3N3O3/c1-3-34(4-2)18-11-9-17(10-12-18)32-25(35)16-37-28(36)21-15-24(33-23-8-6-5-7-19(21)23)20-13-14-22(29)27(31)26(20)30/h5-15H,3-4,16H2,1-2H3,(H,32,35). The van der Waals surface area contributed by atoms with E-state index in [0.717, 1.165) is 18.8 Å². The average molecular weight is 557 g/mol. The molecule has 1 heterocycles. The van der Waals surface area contributed by atoms with Gasteiger partial charge in [-0.2, -0.15) is 0 Å². The molecule has 1 amide bonds. The maximum atomic E-state index is 13.1. The lowest BCUT2D eigenvalue weighted by molar-refractivity contribution is -0.119. The predicted molar refractivity (Wildman–Crippen MR) is 151 cm³/mol. The van der Waals surface area contributed by atoms with Crippen molar-refractivity contribution < 1.29 is 14.3 Å². The van der Waals surface area contributed by atoms with E-state index in [1.54, 1.807) is 36.4 Å². The third-order valence-electron chi connectivity index (χ3n) is 5.86. The Morgan fingerprint density at radius 3 is 2.32 bits per heavy atom. The molecule has 0 atom stereocenters. The average Bonchev–Trinajstić information content (AvgIpc) is 2.91. The third-order valence-corrected chi connectivity index (χ3v) is 7.15. The highest BCUT2D eigenvalue weighted by atomic mass is 35.5. The molecule has 0 aliphatic carbocycles. The van der Waals surface area contributed by atoms with Crippen molar-refractivity contribution in [3.8, 4) is 11.3 Å². The molecular formula is C28H24Cl3N3O3. The number of hydrogen-bond acceptors (Lipinski definition) is 5. The minimum Gasteiger partial charge on any atom is -0.452 e. The fourth-order valence-corrected chi connectivity index (χ4v) is 4.59. The summed E-state index contributed by atoms with van der Waals surface area (Å²) in [6.07, 6.45) is 0. The number of para-hydroxylation sites is 1. The van der Waals surface area contributed by atoms with Crippen molar-refractivity contribution in [1.29, 1.82) is 0 Å². The summed E-state index contributed by atoms with van der Waals surface area (Å²) in [5.41, 5.74) is 3.43. The van der Waals surface area contributed by atoms with E-state index in [1.807, 2.05) is 30.3 Å². The van der Waals surface area contributed by atoms with Gasteiger partial charge in [0, 0.05) is 35.4 Å². The van der Waals surface area contributed by atoms with Gasteiger partial charge in [0.15, 0.2) is 6.61 Å². The quantitative estimate of drug-likeness (QED) is 0.180. The Labute approximate surface area is 230 Å². The van der Waals surface area contributed by atoms with E-state index in [-0.39, 0.29) is 15.6 Å². The van der Waals surface area contributed by atoms with Crippen LogP contribution in [0.15, 0.2) is 66.7 Å². The van der Waals surface area contributed by atoms with Gasteiger partial charge >= 0.3 is 5.97 Å². The molecule has 190 valence electrons. The summed E-state index contributed by atoms with van der Waals surface area (Å²) in [6, 6.07) is 19.5. The second-order valence-corrected chi connectivity index (χ2v) is 9.30. The summed E-state index contributed by atoms with van der Waals surface area (Å²) < 4.78 is 5.36. The normalized spacial score (nSPS) is 10.8. The number of anilines is 2. The molecule has 0 fully saturated rings. The van der Waals surface area contributed by atoms with Gasteiger partial charge < -0.3 is 15.0 Å². The van der Waals surface area contributed by atoms with Crippen LogP contribution in [0.4, 0.5) is 11.4 Å². The number of fused-ring (bicyclic) bond motifs is 1. The van der Waals surface area contributed by atoms with Crippen LogP contribution < -0.4 is 10.2 Å². The summed E-state index contributed by atoms with van der Waals surface area (Å²) in [5, 5.41) is 4.07. The predicted octanol–water partition coefficient (Wildman–Crippen LogP) is 7.50. The first-order valence-electron chi connectivity index (χ1n) is 11.7. The number of pyridine rings is 1. The van der Waals surface area contributed by atoms with Crippen molar-refractivity contribution in [1.82, 2.24) is 4.98 Å². The van der Waals surface area contributed by atoms with Crippen molar-refractivity contribution in [3.63, 3.8) is 0 Å². The highest BCUT2D eigenvalue weighted by Crippen LogP contribution is 2.38. The maximum absolute atomic E-state index is 13.1. The van der Waals surface area contributed by atoms with E-state index < -0.39 is 18.5 Å². The molecular weight excluding hydrogens is 533 g/mol. The van der Waals surface area contributed by atoms with Crippen LogP contribution in [0.5, 0.6) is 0 Å². The molecule has 1 N–H and O–H groups in total. The lowest BCUT2D eigenvalue weighted by Crippen LogP contribution is -2.22. The fourth-order valence-electron chi connectivity index (χ4n) is 3.96.